The maximum absolute atomic E-state index is 14.2. The molecule has 4 N–H and O–H groups in total. The van der Waals surface area contributed by atoms with E-state index in [1.807, 2.05) is 0 Å². The Hall–Kier alpha value is -2.96. The van der Waals surface area contributed by atoms with Crippen LogP contribution in [-0.2, 0) is 6.42 Å². The van der Waals surface area contributed by atoms with Crippen LogP contribution in [-0.4, -0.2) is 19.7 Å². The molecular weight excluding hydrogens is 271 g/mol. The van der Waals surface area contributed by atoms with E-state index in [4.69, 9.17) is 11.5 Å². The number of rotatable bonds is 3. The Kier molecular flexibility index (Phi) is 3.23. The Morgan fingerprint density at radius 1 is 1.10 bits per heavy atom. The summed E-state index contributed by atoms with van der Waals surface area (Å²) in [6, 6.07) is 8.10. The number of nitrogens with two attached hydrogens (primary N) is 2. The van der Waals surface area contributed by atoms with Gasteiger partial charge in [-0.2, -0.15) is 5.10 Å². The fourth-order valence-corrected chi connectivity index (χ4v) is 2.03. The number of nitrogen functional groups attached to an aromatic ring is 2. The van der Waals surface area contributed by atoms with Gasteiger partial charge in [-0.25, -0.2) is 19.0 Å². The molecule has 0 atom stereocenters. The zero-order chi connectivity index (χ0) is 14.8. The molecule has 0 spiro atoms. The molecule has 21 heavy (non-hydrogen) atoms. The Labute approximate surface area is 120 Å². The zero-order valence-corrected chi connectivity index (χ0v) is 11.1. The van der Waals surface area contributed by atoms with Crippen LogP contribution < -0.4 is 11.5 Å². The molecule has 0 aliphatic rings. The molecule has 106 valence electrons. The van der Waals surface area contributed by atoms with Gasteiger partial charge in [-0.1, -0.05) is 6.07 Å². The lowest BCUT2D eigenvalue weighted by Gasteiger charge is -2.07. The van der Waals surface area contributed by atoms with Gasteiger partial charge in [0.15, 0.2) is 0 Å². The second-order valence-electron chi connectivity index (χ2n) is 4.54. The molecule has 3 rings (SSSR count). The van der Waals surface area contributed by atoms with Crippen LogP contribution in [0.25, 0.3) is 5.69 Å². The maximum Gasteiger partial charge on any atom is 0.137 e. The molecule has 2 heterocycles. The minimum Gasteiger partial charge on any atom is -0.384 e. The van der Waals surface area contributed by atoms with Gasteiger partial charge in [0.1, 0.15) is 23.3 Å². The quantitative estimate of drug-likeness (QED) is 0.761. The van der Waals surface area contributed by atoms with Crippen molar-refractivity contribution in [3.8, 4) is 5.69 Å². The van der Waals surface area contributed by atoms with Gasteiger partial charge < -0.3 is 11.5 Å². The predicted molar refractivity (Wildman–Crippen MR) is 77.2 cm³/mol. The van der Waals surface area contributed by atoms with Crippen LogP contribution in [0.2, 0.25) is 0 Å². The van der Waals surface area contributed by atoms with E-state index in [1.54, 1.807) is 35.3 Å². The normalized spacial score (nSPS) is 10.7. The van der Waals surface area contributed by atoms with E-state index in [1.165, 1.54) is 12.1 Å². The molecule has 3 aromatic rings. The Morgan fingerprint density at radius 3 is 2.48 bits per heavy atom. The highest BCUT2D eigenvalue weighted by atomic mass is 19.1. The van der Waals surface area contributed by atoms with Crippen molar-refractivity contribution in [2.75, 3.05) is 11.5 Å². The SMILES string of the molecule is Nc1cc(N)nc(Cc2ccc(-n3cccn3)cc2F)n1. The molecule has 0 amide bonds. The zero-order valence-electron chi connectivity index (χ0n) is 11.1. The van der Waals surface area contributed by atoms with E-state index >= 15 is 0 Å². The summed E-state index contributed by atoms with van der Waals surface area (Å²) in [4.78, 5) is 8.09. The van der Waals surface area contributed by atoms with Crippen molar-refractivity contribution >= 4 is 11.6 Å². The highest BCUT2D eigenvalue weighted by molar-refractivity contribution is 5.42. The van der Waals surface area contributed by atoms with Gasteiger partial charge in [0.25, 0.3) is 0 Å². The molecule has 1 aromatic carbocycles. The molecule has 0 aliphatic carbocycles. The minimum absolute atomic E-state index is 0.223. The van der Waals surface area contributed by atoms with Crippen molar-refractivity contribution in [2.45, 2.75) is 6.42 Å². The number of hydrogen-bond acceptors (Lipinski definition) is 5. The van der Waals surface area contributed by atoms with E-state index in [2.05, 4.69) is 15.1 Å². The summed E-state index contributed by atoms with van der Waals surface area (Å²) in [5, 5.41) is 4.06. The van der Waals surface area contributed by atoms with Crippen molar-refractivity contribution in [1.29, 1.82) is 0 Å². The van der Waals surface area contributed by atoms with Crippen molar-refractivity contribution in [2.24, 2.45) is 0 Å². The second kappa shape index (κ2) is 5.20. The highest BCUT2D eigenvalue weighted by Gasteiger charge is 2.09. The van der Waals surface area contributed by atoms with Crippen molar-refractivity contribution < 1.29 is 4.39 Å². The topological polar surface area (TPSA) is 95.6 Å². The van der Waals surface area contributed by atoms with E-state index < -0.39 is 0 Å². The predicted octanol–water partition coefficient (Wildman–Crippen LogP) is 1.56. The van der Waals surface area contributed by atoms with Crippen LogP contribution in [0.15, 0.2) is 42.7 Å². The lowest BCUT2D eigenvalue weighted by molar-refractivity contribution is 0.610. The fraction of sp³-hybridized carbons (Fsp3) is 0.0714. The van der Waals surface area contributed by atoms with Crippen LogP contribution in [0.3, 0.4) is 0 Å². The van der Waals surface area contributed by atoms with Gasteiger partial charge >= 0.3 is 0 Å². The molecular formula is C14H13FN6. The van der Waals surface area contributed by atoms with Crippen LogP contribution in [0, 0.1) is 5.82 Å². The third kappa shape index (κ3) is 2.81. The van der Waals surface area contributed by atoms with Gasteiger partial charge in [-0.05, 0) is 23.8 Å². The summed E-state index contributed by atoms with van der Waals surface area (Å²) in [6.07, 6.45) is 3.60. The number of benzene rings is 1. The van der Waals surface area contributed by atoms with Crippen molar-refractivity contribution in [3.05, 3.63) is 59.9 Å². The first kappa shape index (κ1) is 13.0. The monoisotopic (exact) mass is 284 g/mol. The second-order valence-corrected chi connectivity index (χ2v) is 4.54. The van der Waals surface area contributed by atoms with E-state index in [-0.39, 0.29) is 23.9 Å². The average molecular weight is 284 g/mol. The number of hydrogen-bond donors (Lipinski definition) is 2. The van der Waals surface area contributed by atoms with Crippen LogP contribution >= 0.6 is 0 Å². The minimum atomic E-state index is -0.354. The maximum atomic E-state index is 14.2. The van der Waals surface area contributed by atoms with Gasteiger partial charge in [-0.15, -0.1) is 0 Å². The molecule has 0 saturated heterocycles. The smallest absolute Gasteiger partial charge is 0.137 e. The molecule has 0 radical (unpaired) electrons. The largest absolute Gasteiger partial charge is 0.384 e. The molecule has 0 saturated carbocycles. The molecule has 0 aliphatic heterocycles. The van der Waals surface area contributed by atoms with Crippen molar-refractivity contribution in [3.63, 3.8) is 0 Å². The molecule has 2 aromatic heterocycles. The molecule has 6 nitrogen and oxygen atoms in total. The number of nitrogens with zero attached hydrogens (tertiary/aromatic N) is 4. The van der Waals surface area contributed by atoms with E-state index in [0.29, 0.717) is 17.1 Å². The fourth-order valence-electron chi connectivity index (χ4n) is 2.03. The third-order valence-electron chi connectivity index (χ3n) is 2.97. The van der Waals surface area contributed by atoms with Crippen LogP contribution in [0.4, 0.5) is 16.0 Å². The lowest BCUT2D eigenvalue weighted by atomic mass is 10.1. The van der Waals surface area contributed by atoms with Gasteiger partial charge in [-0.3, -0.25) is 0 Å². The van der Waals surface area contributed by atoms with E-state index in [0.717, 1.165) is 0 Å². The molecule has 0 unspecified atom stereocenters. The standard InChI is InChI=1S/C14H13FN6/c15-11-7-10(21-5-1-4-18-21)3-2-9(11)6-14-19-12(16)8-13(17)20-14/h1-5,7-8H,6H2,(H4,16,17,19,20). The van der Waals surface area contributed by atoms with Gasteiger partial charge in [0.2, 0.25) is 0 Å². The first-order valence-electron chi connectivity index (χ1n) is 6.29. The summed E-state index contributed by atoms with van der Waals surface area (Å²) in [5.41, 5.74) is 12.3. The molecule has 0 fully saturated rings. The Morgan fingerprint density at radius 2 is 1.86 bits per heavy atom. The number of aromatic nitrogens is 4. The summed E-state index contributed by atoms with van der Waals surface area (Å²) in [7, 11) is 0. The lowest BCUT2D eigenvalue weighted by Crippen LogP contribution is -2.05. The third-order valence-corrected chi connectivity index (χ3v) is 2.97. The molecule has 0 bridgehead atoms. The van der Waals surface area contributed by atoms with Gasteiger partial charge in [0.05, 0.1) is 5.69 Å². The van der Waals surface area contributed by atoms with E-state index in [9.17, 15) is 4.39 Å². The first-order valence-corrected chi connectivity index (χ1v) is 6.29. The molecule has 7 heteroatoms. The van der Waals surface area contributed by atoms with Crippen LogP contribution in [0.1, 0.15) is 11.4 Å². The number of anilines is 2. The first-order chi connectivity index (χ1) is 10.1. The average Bonchev–Trinajstić information content (AvgIpc) is 2.94. The van der Waals surface area contributed by atoms with Crippen molar-refractivity contribution in [1.82, 2.24) is 19.7 Å². The number of halogens is 1. The summed E-state index contributed by atoms with van der Waals surface area (Å²) in [5.74, 6) is 0.572. The summed E-state index contributed by atoms with van der Waals surface area (Å²) in [6.45, 7) is 0. The van der Waals surface area contributed by atoms with Gasteiger partial charge in [0, 0.05) is 24.9 Å². The Bertz CT molecular complexity index is 749. The van der Waals surface area contributed by atoms with Crippen LogP contribution in [0.5, 0.6) is 0 Å². The summed E-state index contributed by atoms with van der Waals surface area (Å²) >= 11 is 0. The summed E-state index contributed by atoms with van der Waals surface area (Å²) < 4.78 is 15.8. The highest BCUT2D eigenvalue weighted by Crippen LogP contribution is 2.17. The Balaban J connectivity index is 1.89.